The first kappa shape index (κ1) is 12.4. The van der Waals surface area contributed by atoms with Crippen molar-refractivity contribution in [3.8, 4) is 11.4 Å². The average molecular weight is 310 g/mol. The zero-order valence-corrected chi connectivity index (χ0v) is 11.8. The molecule has 5 heteroatoms. The maximum absolute atomic E-state index is 5.73. The van der Waals surface area contributed by atoms with Crippen LogP contribution in [0.1, 0.15) is 6.92 Å². The normalized spacial score (nSPS) is 10.5. The molecule has 0 spiro atoms. The van der Waals surface area contributed by atoms with Crippen LogP contribution in [0.3, 0.4) is 0 Å². The summed E-state index contributed by atoms with van der Waals surface area (Å²) in [7, 11) is 0. The van der Waals surface area contributed by atoms with Crippen molar-refractivity contribution in [2.24, 2.45) is 0 Å². The van der Waals surface area contributed by atoms with Crippen molar-refractivity contribution in [3.05, 3.63) is 34.9 Å². The Hall–Kier alpha value is -1.07. The van der Waals surface area contributed by atoms with Crippen LogP contribution in [0.25, 0.3) is 11.4 Å². The standard InChI is InChI=1S/C12H12BrN3S/c1-2-17-9-5-3-8(4-6-9)12-15-7-10(13)11(14)16-12/h3-7H,2H2,1H3,(H2,14,15,16). The third-order valence-electron chi connectivity index (χ3n) is 2.19. The van der Waals surface area contributed by atoms with Crippen molar-refractivity contribution < 1.29 is 0 Å². The van der Waals surface area contributed by atoms with Gasteiger partial charge < -0.3 is 5.73 Å². The van der Waals surface area contributed by atoms with Crippen molar-refractivity contribution in [1.29, 1.82) is 0 Å². The van der Waals surface area contributed by atoms with Crippen molar-refractivity contribution in [3.63, 3.8) is 0 Å². The average Bonchev–Trinajstić information content (AvgIpc) is 2.34. The number of halogens is 1. The number of nitrogens with two attached hydrogens (primary N) is 1. The highest BCUT2D eigenvalue weighted by molar-refractivity contribution is 9.10. The van der Waals surface area contributed by atoms with Crippen LogP contribution in [0.5, 0.6) is 0 Å². The van der Waals surface area contributed by atoms with Gasteiger partial charge in [0.05, 0.1) is 4.47 Å². The van der Waals surface area contributed by atoms with Crippen molar-refractivity contribution in [1.82, 2.24) is 9.97 Å². The molecule has 0 amide bonds. The fraction of sp³-hybridized carbons (Fsp3) is 0.167. The Labute approximate surface area is 113 Å². The van der Waals surface area contributed by atoms with E-state index in [0.717, 1.165) is 15.8 Å². The van der Waals surface area contributed by atoms with Gasteiger partial charge in [0.1, 0.15) is 5.82 Å². The van der Waals surface area contributed by atoms with Gasteiger partial charge in [-0.3, -0.25) is 0 Å². The van der Waals surface area contributed by atoms with E-state index in [-0.39, 0.29) is 0 Å². The van der Waals surface area contributed by atoms with Crippen LogP contribution in [-0.2, 0) is 0 Å². The van der Waals surface area contributed by atoms with E-state index in [4.69, 9.17) is 5.73 Å². The SMILES string of the molecule is CCSc1ccc(-c2ncc(Br)c(N)n2)cc1. The molecule has 3 nitrogen and oxygen atoms in total. The first-order valence-corrected chi connectivity index (χ1v) is 7.00. The topological polar surface area (TPSA) is 51.8 Å². The van der Waals surface area contributed by atoms with E-state index < -0.39 is 0 Å². The minimum atomic E-state index is 0.460. The Balaban J connectivity index is 2.30. The van der Waals surface area contributed by atoms with E-state index in [0.29, 0.717) is 11.6 Å². The smallest absolute Gasteiger partial charge is 0.161 e. The van der Waals surface area contributed by atoms with Gasteiger partial charge in [-0.25, -0.2) is 9.97 Å². The predicted molar refractivity (Wildman–Crippen MR) is 76.0 cm³/mol. The van der Waals surface area contributed by atoms with Crippen molar-refractivity contribution in [2.75, 3.05) is 11.5 Å². The Morgan fingerprint density at radius 2 is 2.00 bits per heavy atom. The van der Waals surface area contributed by atoms with Gasteiger partial charge in [0, 0.05) is 16.7 Å². The highest BCUT2D eigenvalue weighted by Crippen LogP contribution is 2.24. The van der Waals surface area contributed by atoms with E-state index in [1.54, 1.807) is 6.20 Å². The van der Waals surface area contributed by atoms with Crippen LogP contribution in [0.15, 0.2) is 39.8 Å². The molecular formula is C12H12BrN3S. The van der Waals surface area contributed by atoms with Gasteiger partial charge in [0.15, 0.2) is 5.82 Å². The first-order valence-electron chi connectivity index (χ1n) is 5.22. The molecule has 0 aliphatic carbocycles. The summed E-state index contributed by atoms with van der Waals surface area (Å²) in [5.74, 6) is 2.18. The lowest BCUT2D eigenvalue weighted by Gasteiger charge is -2.03. The van der Waals surface area contributed by atoms with Gasteiger partial charge >= 0.3 is 0 Å². The summed E-state index contributed by atoms with van der Waals surface area (Å²) in [4.78, 5) is 9.72. The lowest BCUT2D eigenvalue weighted by atomic mass is 10.2. The molecule has 88 valence electrons. The van der Waals surface area contributed by atoms with Gasteiger partial charge in [-0.05, 0) is 33.8 Å². The van der Waals surface area contributed by atoms with Crippen LogP contribution in [-0.4, -0.2) is 15.7 Å². The summed E-state index contributed by atoms with van der Waals surface area (Å²) < 4.78 is 0.722. The summed E-state index contributed by atoms with van der Waals surface area (Å²) in [5.41, 5.74) is 6.71. The second-order valence-electron chi connectivity index (χ2n) is 3.38. The van der Waals surface area contributed by atoms with Gasteiger partial charge in [-0.2, -0.15) is 0 Å². The predicted octanol–water partition coefficient (Wildman–Crippen LogP) is 3.60. The third-order valence-corrected chi connectivity index (χ3v) is 3.70. The number of nitrogens with zero attached hydrogens (tertiary/aromatic N) is 2. The molecule has 0 saturated carbocycles. The van der Waals surface area contributed by atoms with Crippen LogP contribution in [0.2, 0.25) is 0 Å². The molecular weight excluding hydrogens is 298 g/mol. The Kier molecular flexibility index (Phi) is 4.02. The third kappa shape index (κ3) is 2.98. The summed E-state index contributed by atoms with van der Waals surface area (Å²) >= 11 is 5.09. The summed E-state index contributed by atoms with van der Waals surface area (Å²) in [6.45, 7) is 2.14. The molecule has 1 heterocycles. The molecule has 1 aromatic carbocycles. The molecule has 0 bridgehead atoms. The lowest BCUT2D eigenvalue weighted by molar-refractivity contribution is 1.17. The second kappa shape index (κ2) is 5.51. The van der Waals surface area contributed by atoms with Gasteiger partial charge in [-0.1, -0.05) is 19.1 Å². The van der Waals surface area contributed by atoms with E-state index >= 15 is 0 Å². The van der Waals surface area contributed by atoms with Crippen LogP contribution in [0.4, 0.5) is 5.82 Å². The summed E-state index contributed by atoms with van der Waals surface area (Å²) in [6.07, 6.45) is 1.67. The molecule has 0 aliphatic rings. The molecule has 0 saturated heterocycles. The highest BCUT2D eigenvalue weighted by atomic mass is 79.9. The number of hydrogen-bond donors (Lipinski definition) is 1. The van der Waals surface area contributed by atoms with Gasteiger partial charge in [0.2, 0.25) is 0 Å². The van der Waals surface area contributed by atoms with E-state index in [1.807, 2.05) is 23.9 Å². The summed E-state index contributed by atoms with van der Waals surface area (Å²) in [5, 5.41) is 0. The molecule has 2 N–H and O–H groups in total. The molecule has 2 aromatic rings. The van der Waals surface area contributed by atoms with Gasteiger partial charge in [0.25, 0.3) is 0 Å². The lowest BCUT2D eigenvalue weighted by Crippen LogP contribution is -1.96. The minimum Gasteiger partial charge on any atom is -0.383 e. The number of nitrogen functional groups attached to an aromatic ring is 1. The Bertz CT molecular complexity index is 514. The Morgan fingerprint density at radius 1 is 1.29 bits per heavy atom. The van der Waals surface area contributed by atoms with Crippen LogP contribution in [0, 0.1) is 0 Å². The zero-order valence-electron chi connectivity index (χ0n) is 9.35. The highest BCUT2D eigenvalue weighted by Gasteiger charge is 2.04. The molecule has 0 unspecified atom stereocenters. The number of anilines is 1. The molecule has 0 radical (unpaired) electrons. The molecule has 0 fully saturated rings. The monoisotopic (exact) mass is 309 g/mol. The largest absolute Gasteiger partial charge is 0.383 e. The number of hydrogen-bond acceptors (Lipinski definition) is 4. The summed E-state index contributed by atoms with van der Waals surface area (Å²) in [6, 6.07) is 8.18. The van der Waals surface area contributed by atoms with E-state index in [1.165, 1.54) is 4.90 Å². The first-order chi connectivity index (χ1) is 8.20. The minimum absolute atomic E-state index is 0.460. The van der Waals surface area contributed by atoms with Crippen molar-refractivity contribution in [2.45, 2.75) is 11.8 Å². The number of aromatic nitrogens is 2. The van der Waals surface area contributed by atoms with Gasteiger partial charge in [-0.15, -0.1) is 11.8 Å². The molecule has 0 aliphatic heterocycles. The number of thioether (sulfide) groups is 1. The number of rotatable bonds is 3. The van der Waals surface area contributed by atoms with E-state index in [9.17, 15) is 0 Å². The maximum atomic E-state index is 5.73. The molecule has 1 aromatic heterocycles. The van der Waals surface area contributed by atoms with Crippen LogP contribution < -0.4 is 5.73 Å². The molecule has 0 atom stereocenters. The number of benzene rings is 1. The van der Waals surface area contributed by atoms with Crippen molar-refractivity contribution >= 4 is 33.5 Å². The zero-order chi connectivity index (χ0) is 12.3. The fourth-order valence-corrected chi connectivity index (χ4v) is 2.24. The van der Waals surface area contributed by atoms with Crippen LogP contribution >= 0.6 is 27.7 Å². The second-order valence-corrected chi connectivity index (χ2v) is 5.58. The molecule has 2 rings (SSSR count). The fourth-order valence-electron chi connectivity index (χ4n) is 1.39. The maximum Gasteiger partial charge on any atom is 0.161 e. The van der Waals surface area contributed by atoms with E-state index in [2.05, 4.69) is 45.0 Å². The quantitative estimate of drug-likeness (QED) is 0.880. The molecule has 17 heavy (non-hydrogen) atoms. The Morgan fingerprint density at radius 3 is 2.59 bits per heavy atom.